The number of piperazine rings is 1. The minimum Gasteiger partial charge on any atom is -0.362 e. The van der Waals surface area contributed by atoms with Gasteiger partial charge in [0, 0.05) is 44.5 Å². The van der Waals surface area contributed by atoms with Gasteiger partial charge in [-0.3, -0.25) is 9.69 Å². The minimum atomic E-state index is -3.31. The van der Waals surface area contributed by atoms with Crippen LogP contribution in [0.2, 0.25) is 0 Å². The second-order valence-corrected chi connectivity index (χ2v) is 13.1. The number of pyridine rings is 2. The number of fused-ring (bicyclic) bond motifs is 1. The first-order chi connectivity index (χ1) is 19.9. The van der Waals surface area contributed by atoms with E-state index >= 15 is 0 Å². The molecular formula is C31H31F2N5O3S. The molecule has 1 saturated heterocycles. The van der Waals surface area contributed by atoms with Gasteiger partial charge >= 0.3 is 0 Å². The number of aromatic nitrogens is 2. The van der Waals surface area contributed by atoms with E-state index in [-0.39, 0.29) is 40.8 Å². The van der Waals surface area contributed by atoms with Gasteiger partial charge in [-0.05, 0) is 60.9 Å². The number of rotatable bonds is 7. The van der Waals surface area contributed by atoms with E-state index in [2.05, 4.69) is 19.6 Å². The molecule has 0 unspecified atom stereocenters. The Labute approximate surface area is 243 Å². The Morgan fingerprint density at radius 3 is 2.14 bits per heavy atom. The van der Waals surface area contributed by atoms with Gasteiger partial charge in [-0.1, -0.05) is 30.8 Å². The van der Waals surface area contributed by atoms with Crippen LogP contribution in [-0.4, -0.2) is 60.1 Å². The Morgan fingerprint density at radius 1 is 1.00 bits per heavy atom. The maximum atomic E-state index is 13.9. The first-order valence-corrected chi connectivity index (χ1v) is 15.6. The number of anilines is 1. The molecule has 218 valence electrons. The molecule has 1 aliphatic heterocycles. The van der Waals surface area contributed by atoms with Crippen molar-refractivity contribution in [2.45, 2.75) is 31.5 Å². The number of nitrogens with zero attached hydrogens (tertiary/aromatic N) is 5. The van der Waals surface area contributed by atoms with Gasteiger partial charge in [0.1, 0.15) is 21.5 Å². The fraction of sp³-hybridized carbons (Fsp3) is 0.323. The van der Waals surface area contributed by atoms with Crippen LogP contribution in [0.15, 0.2) is 71.5 Å². The van der Waals surface area contributed by atoms with Crippen molar-refractivity contribution in [1.82, 2.24) is 14.5 Å². The van der Waals surface area contributed by atoms with Crippen molar-refractivity contribution in [2.24, 2.45) is 7.05 Å². The number of sulfone groups is 1. The second kappa shape index (κ2) is 11.6. The third-order valence-electron chi connectivity index (χ3n) is 7.89. The van der Waals surface area contributed by atoms with Crippen LogP contribution < -0.4 is 10.5 Å². The maximum absolute atomic E-state index is 13.9. The topological polar surface area (TPSA) is 79.9 Å². The lowest BCUT2D eigenvalue weighted by Crippen LogP contribution is -2.59. The standard InChI is InChI=1S/C31H31F2N5O3S/c1-20-18-38(31(21-5-9-23(32)10-6-21)22-7-11-24(33)12-8-22)25(15-16-42(4,40)41)19-37(20)27-17-29(39)36(3)26-13-14-28(34-2)35-30(26)27/h5-14,17,20,25,31H,15-16,18-19H2,1,3-4H3/t20-,25+/m0/s1. The van der Waals surface area contributed by atoms with E-state index in [1.165, 1.54) is 41.2 Å². The zero-order valence-electron chi connectivity index (χ0n) is 23.5. The summed E-state index contributed by atoms with van der Waals surface area (Å²) in [5.74, 6) is -0.623. The summed E-state index contributed by atoms with van der Waals surface area (Å²) in [5.41, 5.74) is 3.03. The van der Waals surface area contributed by atoms with Gasteiger partial charge in [-0.2, -0.15) is 0 Å². The summed E-state index contributed by atoms with van der Waals surface area (Å²) in [6.07, 6.45) is 1.49. The average Bonchev–Trinajstić information content (AvgIpc) is 2.96. The maximum Gasteiger partial charge on any atom is 0.270 e. The van der Waals surface area contributed by atoms with Crippen LogP contribution in [0, 0.1) is 18.2 Å². The zero-order chi connectivity index (χ0) is 30.2. The van der Waals surface area contributed by atoms with Crippen LogP contribution in [0.1, 0.15) is 30.5 Å². The SMILES string of the molecule is [C-]#[N+]c1ccc2c(n1)c(N1C[C@@H](CCS(C)(=O)=O)N(C(c3ccc(F)cc3)c3ccc(F)cc3)C[C@@H]1C)cc(=O)n2C. The summed E-state index contributed by atoms with van der Waals surface area (Å²) in [6, 6.07) is 16.2. The molecule has 4 aromatic rings. The van der Waals surface area contributed by atoms with E-state index in [0.29, 0.717) is 36.2 Å². The molecule has 2 atom stereocenters. The number of hydrogen-bond donors (Lipinski definition) is 0. The number of benzene rings is 2. The van der Waals surface area contributed by atoms with Crippen molar-refractivity contribution in [1.29, 1.82) is 0 Å². The summed E-state index contributed by atoms with van der Waals surface area (Å²) >= 11 is 0. The first-order valence-electron chi connectivity index (χ1n) is 13.5. The van der Waals surface area contributed by atoms with Crippen molar-refractivity contribution in [2.75, 3.05) is 30.0 Å². The highest BCUT2D eigenvalue weighted by Gasteiger charge is 2.38. The van der Waals surface area contributed by atoms with E-state index in [1.807, 2.05) is 6.92 Å². The molecule has 2 aromatic heterocycles. The van der Waals surface area contributed by atoms with Gasteiger partial charge in [0.05, 0.1) is 23.0 Å². The first kappa shape index (κ1) is 29.4. The van der Waals surface area contributed by atoms with Gasteiger partial charge in [-0.15, -0.1) is 4.98 Å². The Kier molecular flexibility index (Phi) is 8.12. The molecule has 0 spiro atoms. The fourth-order valence-corrected chi connectivity index (χ4v) is 6.47. The second-order valence-electron chi connectivity index (χ2n) is 10.9. The van der Waals surface area contributed by atoms with Crippen LogP contribution >= 0.6 is 0 Å². The minimum absolute atomic E-state index is 0.0621. The third-order valence-corrected chi connectivity index (χ3v) is 8.86. The zero-order valence-corrected chi connectivity index (χ0v) is 24.4. The molecule has 0 radical (unpaired) electrons. The Bertz CT molecular complexity index is 1770. The molecule has 11 heteroatoms. The molecule has 42 heavy (non-hydrogen) atoms. The molecule has 3 heterocycles. The predicted octanol–water partition coefficient (Wildman–Crippen LogP) is 4.87. The molecule has 0 N–H and O–H groups in total. The van der Waals surface area contributed by atoms with E-state index in [0.717, 1.165) is 11.1 Å². The lowest BCUT2D eigenvalue weighted by molar-refractivity contribution is 0.116. The van der Waals surface area contributed by atoms with E-state index in [4.69, 9.17) is 6.57 Å². The van der Waals surface area contributed by atoms with Crippen LogP contribution in [0.5, 0.6) is 0 Å². The van der Waals surface area contributed by atoms with Crippen LogP contribution in [0.25, 0.3) is 15.9 Å². The quantitative estimate of drug-likeness (QED) is 0.286. The van der Waals surface area contributed by atoms with Crippen molar-refractivity contribution >= 4 is 32.4 Å². The summed E-state index contributed by atoms with van der Waals surface area (Å²) in [6.45, 7) is 10.3. The van der Waals surface area contributed by atoms with Gasteiger partial charge in [0.2, 0.25) is 5.52 Å². The monoisotopic (exact) mass is 591 g/mol. The summed E-state index contributed by atoms with van der Waals surface area (Å²) < 4.78 is 54.0. The molecule has 0 aliphatic carbocycles. The highest BCUT2D eigenvalue weighted by Crippen LogP contribution is 2.37. The molecule has 0 amide bonds. The largest absolute Gasteiger partial charge is 0.362 e. The van der Waals surface area contributed by atoms with E-state index < -0.39 is 15.9 Å². The molecule has 0 bridgehead atoms. The molecule has 5 rings (SSSR count). The van der Waals surface area contributed by atoms with Crippen molar-refractivity contribution < 1.29 is 17.2 Å². The molecule has 2 aromatic carbocycles. The molecule has 8 nitrogen and oxygen atoms in total. The highest BCUT2D eigenvalue weighted by molar-refractivity contribution is 7.90. The van der Waals surface area contributed by atoms with Gasteiger partial charge in [0.15, 0.2) is 0 Å². The van der Waals surface area contributed by atoms with Crippen molar-refractivity contribution in [3.8, 4) is 0 Å². The van der Waals surface area contributed by atoms with Crippen molar-refractivity contribution in [3.05, 3.63) is 111 Å². The predicted molar refractivity (Wildman–Crippen MR) is 160 cm³/mol. The van der Waals surface area contributed by atoms with Gasteiger partial charge < -0.3 is 14.3 Å². The average molecular weight is 592 g/mol. The van der Waals surface area contributed by atoms with Crippen molar-refractivity contribution in [3.63, 3.8) is 0 Å². The Balaban J connectivity index is 1.63. The molecule has 1 aliphatic rings. The van der Waals surface area contributed by atoms with E-state index in [9.17, 15) is 22.0 Å². The fourth-order valence-electron chi connectivity index (χ4n) is 5.77. The van der Waals surface area contributed by atoms with Crippen LogP contribution in [0.4, 0.5) is 20.3 Å². The Morgan fingerprint density at radius 2 is 1.60 bits per heavy atom. The molecule has 1 fully saturated rings. The summed E-state index contributed by atoms with van der Waals surface area (Å²) in [5, 5.41) is 0. The molecule has 0 saturated carbocycles. The summed E-state index contributed by atoms with van der Waals surface area (Å²) in [4.78, 5) is 25.2. The number of aryl methyl sites for hydroxylation is 1. The summed E-state index contributed by atoms with van der Waals surface area (Å²) in [7, 11) is -1.66. The van der Waals surface area contributed by atoms with Crippen LogP contribution in [0.3, 0.4) is 0 Å². The lowest BCUT2D eigenvalue weighted by atomic mass is 9.92. The van der Waals surface area contributed by atoms with Gasteiger partial charge in [0.25, 0.3) is 11.4 Å². The normalized spacial score (nSPS) is 18.0. The van der Waals surface area contributed by atoms with Crippen LogP contribution in [-0.2, 0) is 16.9 Å². The Hall–Kier alpha value is -4.14. The third kappa shape index (κ3) is 6.05. The lowest BCUT2D eigenvalue weighted by Gasteiger charge is -2.49. The smallest absolute Gasteiger partial charge is 0.270 e. The number of halogens is 2. The van der Waals surface area contributed by atoms with Gasteiger partial charge in [-0.25, -0.2) is 17.2 Å². The highest BCUT2D eigenvalue weighted by atomic mass is 32.2. The number of hydrogen-bond acceptors (Lipinski definition) is 6. The van der Waals surface area contributed by atoms with E-state index in [1.54, 1.807) is 43.4 Å². The molecular weight excluding hydrogens is 560 g/mol.